The fourth-order valence-electron chi connectivity index (χ4n) is 1.48. The fraction of sp³-hybridized carbons (Fsp3) is 0. The number of nitrogens with two attached hydrogens (primary N) is 1. The molecule has 0 saturated carbocycles. The topological polar surface area (TPSA) is 185 Å². The highest BCUT2D eigenvalue weighted by molar-refractivity contribution is 7.86. The average molecular weight is 347 g/mol. The Morgan fingerprint density at radius 2 is 1.73 bits per heavy atom. The van der Waals surface area contributed by atoms with Gasteiger partial charge in [0.1, 0.15) is 11.2 Å². The zero-order chi connectivity index (χ0) is 16.5. The molecule has 13 heteroatoms. The van der Waals surface area contributed by atoms with Gasteiger partial charge in [0.05, 0.1) is 10.6 Å². The largest absolute Gasteiger partial charge is 0.368 e. The van der Waals surface area contributed by atoms with E-state index in [9.17, 15) is 16.8 Å². The van der Waals surface area contributed by atoms with Gasteiger partial charge in [0.2, 0.25) is 11.9 Å². The monoisotopic (exact) mass is 347 g/mol. The molecule has 0 saturated heterocycles. The summed E-state index contributed by atoms with van der Waals surface area (Å²) < 4.78 is 62.9. The Labute approximate surface area is 124 Å². The number of nitrogens with one attached hydrogen (secondary N) is 1. The summed E-state index contributed by atoms with van der Waals surface area (Å²) in [5.41, 5.74) is 4.96. The average Bonchev–Trinajstić information content (AvgIpc) is 2.36. The van der Waals surface area contributed by atoms with Gasteiger partial charge in [0.15, 0.2) is 0 Å². The fourth-order valence-corrected chi connectivity index (χ4v) is 2.62. The quantitative estimate of drug-likeness (QED) is 0.531. The number of hydrogen-bond acceptors (Lipinski definition) is 9. The smallest absolute Gasteiger partial charge is 0.296 e. The van der Waals surface area contributed by atoms with Crippen LogP contribution in [-0.4, -0.2) is 40.9 Å². The van der Waals surface area contributed by atoms with Gasteiger partial charge in [-0.05, 0) is 18.2 Å². The summed E-state index contributed by atoms with van der Waals surface area (Å²) >= 11 is 0. The molecule has 1 heterocycles. The maximum Gasteiger partial charge on any atom is 0.296 e. The lowest BCUT2D eigenvalue weighted by atomic mass is 10.3. The van der Waals surface area contributed by atoms with Crippen LogP contribution in [0.2, 0.25) is 0 Å². The molecule has 0 aliphatic heterocycles. The highest BCUT2D eigenvalue weighted by Crippen LogP contribution is 2.26. The number of nitrogen functional groups attached to an aromatic ring is 1. The van der Waals surface area contributed by atoms with Crippen LogP contribution in [0, 0.1) is 0 Å². The lowest BCUT2D eigenvalue weighted by Crippen LogP contribution is -2.08. The summed E-state index contributed by atoms with van der Waals surface area (Å²) in [6.45, 7) is 0. The van der Waals surface area contributed by atoms with Crippen LogP contribution in [0.3, 0.4) is 0 Å². The summed E-state index contributed by atoms with van der Waals surface area (Å²) in [6.07, 6.45) is 1.03. The zero-order valence-electron chi connectivity index (χ0n) is 10.6. The first-order chi connectivity index (χ1) is 10.1. The molecule has 0 amide bonds. The van der Waals surface area contributed by atoms with E-state index < -0.39 is 30.0 Å². The second kappa shape index (κ2) is 5.45. The van der Waals surface area contributed by atoms with Crippen molar-refractivity contribution in [1.29, 1.82) is 0 Å². The first-order valence-electron chi connectivity index (χ1n) is 5.38. The van der Waals surface area contributed by atoms with Gasteiger partial charge in [-0.2, -0.15) is 21.8 Å². The molecule has 1 aromatic heterocycles. The predicted octanol–water partition coefficient (Wildman–Crippen LogP) is -0.309. The highest BCUT2D eigenvalue weighted by Gasteiger charge is 2.20. The molecule has 0 aliphatic rings. The summed E-state index contributed by atoms with van der Waals surface area (Å²) in [5.74, 6) is -0.360. The molecule has 2 rings (SSSR count). The van der Waals surface area contributed by atoms with E-state index in [4.69, 9.17) is 14.8 Å². The second-order valence-corrected chi connectivity index (χ2v) is 6.71. The van der Waals surface area contributed by atoms with E-state index in [2.05, 4.69) is 20.3 Å². The zero-order valence-corrected chi connectivity index (χ0v) is 12.2. The molecule has 0 spiro atoms. The predicted molar refractivity (Wildman–Crippen MR) is 73.6 cm³/mol. The molecule has 2 aromatic rings. The summed E-state index contributed by atoms with van der Waals surface area (Å²) in [7, 11) is -9.25. The Kier molecular flexibility index (Phi) is 3.97. The molecule has 0 atom stereocenters. The normalized spacial score (nSPS) is 12.1. The molecule has 5 N–H and O–H groups in total. The van der Waals surface area contributed by atoms with Crippen molar-refractivity contribution in [1.82, 2.24) is 15.0 Å². The van der Waals surface area contributed by atoms with Crippen molar-refractivity contribution < 1.29 is 25.9 Å². The minimum Gasteiger partial charge on any atom is -0.368 e. The molecule has 118 valence electrons. The lowest BCUT2D eigenvalue weighted by Gasteiger charge is -2.10. The number of hydrogen-bond donors (Lipinski definition) is 4. The molecular weight excluding hydrogens is 338 g/mol. The van der Waals surface area contributed by atoms with E-state index >= 15 is 0 Å². The van der Waals surface area contributed by atoms with E-state index in [1.807, 2.05) is 0 Å². The Bertz CT molecular complexity index is 927. The van der Waals surface area contributed by atoms with Crippen LogP contribution in [0.5, 0.6) is 0 Å². The van der Waals surface area contributed by atoms with E-state index in [0.29, 0.717) is 0 Å². The Balaban J connectivity index is 2.60. The van der Waals surface area contributed by atoms with Crippen molar-refractivity contribution in [2.45, 2.75) is 9.79 Å². The molecular formula is C9H9N5O6S2. The number of benzene rings is 1. The van der Waals surface area contributed by atoms with Gasteiger partial charge in [0.25, 0.3) is 20.2 Å². The van der Waals surface area contributed by atoms with Crippen molar-refractivity contribution in [2.75, 3.05) is 11.1 Å². The summed E-state index contributed by atoms with van der Waals surface area (Å²) in [6, 6.07) is 2.40. The van der Waals surface area contributed by atoms with Crippen LogP contribution >= 0.6 is 0 Å². The van der Waals surface area contributed by atoms with Crippen LogP contribution in [-0.2, 0) is 20.2 Å². The Morgan fingerprint density at radius 3 is 2.27 bits per heavy atom. The third-order valence-electron chi connectivity index (χ3n) is 2.36. The van der Waals surface area contributed by atoms with Gasteiger partial charge in [-0.25, -0.2) is 9.97 Å². The maximum absolute atomic E-state index is 11.3. The van der Waals surface area contributed by atoms with Crippen molar-refractivity contribution in [3.8, 4) is 0 Å². The van der Waals surface area contributed by atoms with Crippen LogP contribution in [0.1, 0.15) is 0 Å². The number of anilines is 3. The number of aromatic nitrogens is 3. The van der Waals surface area contributed by atoms with Gasteiger partial charge >= 0.3 is 0 Å². The van der Waals surface area contributed by atoms with Gasteiger partial charge in [-0.1, -0.05) is 0 Å². The number of nitrogens with zero attached hydrogens (tertiary/aromatic N) is 3. The maximum atomic E-state index is 11.3. The molecule has 0 unspecified atom stereocenters. The summed E-state index contributed by atoms with van der Waals surface area (Å²) in [4.78, 5) is 9.58. The van der Waals surface area contributed by atoms with E-state index in [1.54, 1.807) is 0 Å². The highest BCUT2D eigenvalue weighted by atomic mass is 32.2. The molecule has 1 aromatic carbocycles. The first-order valence-corrected chi connectivity index (χ1v) is 8.26. The van der Waals surface area contributed by atoms with Crippen LogP contribution in [0.4, 0.5) is 17.6 Å². The van der Waals surface area contributed by atoms with Crippen molar-refractivity contribution in [3.63, 3.8) is 0 Å². The SMILES string of the molecule is Nc1ncnc(Nc2cc(S(=O)(=O)O)ccc2S(=O)(=O)O)n1. The first kappa shape index (κ1) is 16.0. The molecule has 0 radical (unpaired) electrons. The number of rotatable bonds is 4. The Hall–Kier alpha value is -2.35. The van der Waals surface area contributed by atoms with Crippen LogP contribution < -0.4 is 11.1 Å². The molecule has 0 fully saturated rings. The van der Waals surface area contributed by atoms with Gasteiger partial charge in [-0.3, -0.25) is 9.11 Å². The van der Waals surface area contributed by atoms with Crippen molar-refractivity contribution in [3.05, 3.63) is 24.5 Å². The third-order valence-corrected chi connectivity index (χ3v) is 4.13. The third kappa shape index (κ3) is 3.64. The minimum atomic E-state index is -4.67. The van der Waals surface area contributed by atoms with Crippen LogP contribution in [0.15, 0.2) is 34.3 Å². The molecule has 0 aliphatic carbocycles. The van der Waals surface area contributed by atoms with E-state index in [-0.39, 0.29) is 17.6 Å². The standard InChI is InChI=1S/C9H9N5O6S2/c10-8-11-4-12-9(14-8)13-6-3-5(21(15,16)17)1-2-7(6)22(18,19)20/h1-4H,(H,15,16,17)(H,18,19,20)(H3,10,11,12,13,14). The van der Waals surface area contributed by atoms with Gasteiger partial charge in [0, 0.05) is 0 Å². The lowest BCUT2D eigenvalue weighted by molar-refractivity contribution is 0.479. The molecule has 22 heavy (non-hydrogen) atoms. The van der Waals surface area contributed by atoms with Crippen LogP contribution in [0.25, 0.3) is 0 Å². The van der Waals surface area contributed by atoms with Crippen molar-refractivity contribution >= 4 is 37.8 Å². The Morgan fingerprint density at radius 1 is 1.05 bits per heavy atom. The molecule has 0 bridgehead atoms. The second-order valence-electron chi connectivity index (χ2n) is 3.90. The van der Waals surface area contributed by atoms with Gasteiger partial charge < -0.3 is 11.1 Å². The van der Waals surface area contributed by atoms with E-state index in [0.717, 1.165) is 24.5 Å². The van der Waals surface area contributed by atoms with E-state index in [1.165, 1.54) is 0 Å². The van der Waals surface area contributed by atoms with Gasteiger partial charge in [-0.15, -0.1) is 0 Å². The minimum absolute atomic E-state index is 0.170. The summed E-state index contributed by atoms with van der Waals surface area (Å²) in [5, 5.41) is 2.38. The molecule has 11 nitrogen and oxygen atoms in total. The van der Waals surface area contributed by atoms with Crippen molar-refractivity contribution in [2.24, 2.45) is 0 Å².